The number of aromatic nitrogens is 2. The van der Waals surface area contributed by atoms with Gasteiger partial charge in [0.2, 0.25) is 0 Å². The number of carbonyl (C=O) groups excluding carboxylic acids is 3. The fraction of sp³-hybridized carbons (Fsp3) is 0.280. The average Bonchev–Trinajstić information content (AvgIpc) is 3.54. The molecule has 0 saturated heterocycles. The van der Waals surface area contributed by atoms with Crippen molar-refractivity contribution in [2.75, 3.05) is 16.8 Å². The number of imidazole rings is 1. The minimum absolute atomic E-state index is 0.0701. The molecule has 1 aliphatic rings. The van der Waals surface area contributed by atoms with Crippen LogP contribution in [0.5, 0.6) is 0 Å². The molecule has 1 saturated carbocycles. The molecule has 4 N–H and O–H groups in total. The number of nitrogens with zero attached hydrogens (tertiary/aromatic N) is 2. The molecule has 3 aromatic rings. The van der Waals surface area contributed by atoms with Gasteiger partial charge in [0.05, 0.1) is 16.9 Å². The quantitative estimate of drug-likeness (QED) is 0.369. The first-order valence-electron chi connectivity index (χ1n) is 11.5. The van der Waals surface area contributed by atoms with Crippen molar-refractivity contribution in [2.45, 2.75) is 32.1 Å². The second kappa shape index (κ2) is 10.9. The van der Waals surface area contributed by atoms with Crippen LogP contribution in [0.4, 0.5) is 20.2 Å². The van der Waals surface area contributed by atoms with Gasteiger partial charge in [-0.2, -0.15) is 0 Å². The predicted molar refractivity (Wildman–Crippen MR) is 131 cm³/mol. The fourth-order valence-corrected chi connectivity index (χ4v) is 4.59. The molecule has 1 aromatic heterocycles. The molecule has 188 valence electrons. The summed E-state index contributed by atoms with van der Waals surface area (Å²) in [5, 5.41) is 2.35. The SMILES string of the molecule is NC(=O)c1[nH]cnc1C(=O)N(CCC1CCCC1)c1ccc(NC(=O)c2cc(F)c(F)cc2Cl)cc1. The van der Waals surface area contributed by atoms with Gasteiger partial charge in [0, 0.05) is 17.9 Å². The highest BCUT2D eigenvalue weighted by molar-refractivity contribution is 6.34. The van der Waals surface area contributed by atoms with Crippen LogP contribution in [0.1, 0.15) is 63.4 Å². The number of carbonyl (C=O) groups is 3. The lowest BCUT2D eigenvalue weighted by atomic mass is 10.0. The van der Waals surface area contributed by atoms with Gasteiger partial charge < -0.3 is 20.9 Å². The van der Waals surface area contributed by atoms with E-state index in [0.29, 0.717) is 23.8 Å². The van der Waals surface area contributed by atoms with E-state index in [2.05, 4.69) is 15.3 Å². The third kappa shape index (κ3) is 5.54. The zero-order valence-electron chi connectivity index (χ0n) is 19.2. The Balaban J connectivity index is 1.55. The third-order valence-electron chi connectivity index (χ3n) is 6.26. The van der Waals surface area contributed by atoms with E-state index in [1.807, 2.05) is 0 Å². The second-order valence-corrected chi connectivity index (χ2v) is 9.04. The van der Waals surface area contributed by atoms with Crippen molar-refractivity contribution in [3.63, 3.8) is 0 Å². The Morgan fingerprint density at radius 1 is 1.11 bits per heavy atom. The number of rotatable bonds is 8. The monoisotopic (exact) mass is 515 g/mol. The Bertz CT molecular complexity index is 1290. The normalized spacial score (nSPS) is 13.5. The number of nitrogens with two attached hydrogens (primary N) is 1. The van der Waals surface area contributed by atoms with E-state index in [0.717, 1.165) is 31.4 Å². The number of amides is 3. The highest BCUT2D eigenvalue weighted by Gasteiger charge is 2.26. The molecule has 0 aliphatic heterocycles. The number of nitrogens with one attached hydrogen (secondary N) is 2. The van der Waals surface area contributed by atoms with E-state index >= 15 is 0 Å². The summed E-state index contributed by atoms with van der Waals surface area (Å²) >= 11 is 5.88. The lowest BCUT2D eigenvalue weighted by Crippen LogP contribution is -2.34. The van der Waals surface area contributed by atoms with E-state index in [1.165, 1.54) is 24.1 Å². The molecule has 3 amide bonds. The summed E-state index contributed by atoms with van der Waals surface area (Å²) in [7, 11) is 0. The van der Waals surface area contributed by atoms with Crippen LogP contribution < -0.4 is 16.0 Å². The number of halogens is 3. The lowest BCUT2D eigenvalue weighted by molar-refractivity contribution is 0.0954. The number of primary amides is 1. The van der Waals surface area contributed by atoms with Crippen LogP contribution in [-0.2, 0) is 0 Å². The standard InChI is InChI=1S/C25H24ClF2N5O3/c26-18-12-20(28)19(27)11-17(18)24(35)32-15-5-7-16(8-6-15)33(10-9-14-3-1-2-4-14)25(36)22-21(23(29)34)30-13-31-22/h5-8,11-14H,1-4,9-10H2,(H2,29,34)(H,30,31)(H,32,35). The summed E-state index contributed by atoms with van der Waals surface area (Å²) in [5.74, 6) is -3.82. The van der Waals surface area contributed by atoms with Gasteiger partial charge in [0.25, 0.3) is 17.7 Å². The van der Waals surface area contributed by atoms with Crippen LogP contribution in [0.2, 0.25) is 5.02 Å². The zero-order chi connectivity index (χ0) is 25.8. The van der Waals surface area contributed by atoms with Gasteiger partial charge in [0.15, 0.2) is 17.3 Å². The average molecular weight is 516 g/mol. The molecular formula is C25H24ClF2N5O3. The molecule has 8 nitrogen and oxygen atoms in total. The molecule has 0 unspecified atom stereocenters. The topological polar surface area (TPSA) is 121 Å². The van der Waals surface area contributed by atoms with Crippen molar-refractivity contribution in [1.82, 2.24) is 9.97 Å². The van der Waals surface area contributed by atoms with Crippen LogP contribution in [0.25, 0.3) is 0 Å². The van der Waals surface area contributed by atoms with E-state index < -0.39 is 29.4 Å². The molecule has 1 heterocycles. The van der Waals surface area contributed by atoms with E-state index in [1.54, 1.807) is 24.3 Å². The molecule has 0 atom stereocenters. The van der Waals surface area contributed by atoms with Crippen molar-refractivity contribution in [3.05, 3.63) is 76.3 Å². The lowest BCUT2D eigenvalue weighted by Gasteiger charge is -2.24. The van der Waals surface area contributed by atoms with Crippen molar-refractivity contribution in [1.29, 1.82) is 0 Å². The number of anilines is 2. The van der Waals surface area contributed by atoms with E-state index in [9.17, 15) is 23.2 Å². The number of aromatic amines is 1. The maximum Gasteiger partial charge on any atom is 0.279 e. The third-order valence-corrected chi connectivity index (χ3v) is 6.57. The van der Waals surface area contributed by atoms with E-state index in [4.69, 9.17) is 17.3 Å². The number of benzene rings is 2. The summed E-state index contributed by atoms with van der Waals surface area (Å²) in [5.41, 5.74) is 5.90. The first-order valence-corrected chi connectivity index (χ1v) is 11.8. The summed E-state index contributed by atoms with van der Waals surface area (Å²) in [6.07, 6.45) is 6.57. The van der Waals surface area contributed by atoms with E-state index in [-0.39, 0.29) is 22.0 Å². The van der Waals surface area contributed by atoms with Gasteiger partial charge in [-0.3, -0.25) is 14.4 Å². The highest BCUT2D eigenvalue weighted by atomic mass is 35.5. The zero-order valence-corrected chi connectivity index (χ0v) is 19.9. The van der Waals surface area contributed by atoms with Gasteiger partial charge in [-0.05, 0) is 48.7 Å². The van der Waals surface area contributed by atoms with Crippen LogP contribution in [-0.4, -0.2) is 34.2 Å². The number of H-pyrrole nitrogens is 1. The minimum atomic E-state index is -1.19. The molecule has 4 rings (SSSR count). The Morgan fingerprint density at radius 3 is 2.44 bits per heavy atom. The van der Waals surface area contributed by atoms with Crippen LogP contribution in [0, 0.1) is 17.6 Å². The van der Waals surface area contributed by atoms with Crippen LogP contribution in [0.15, 0.2) is 42.7 Å². The van der Waals surface area contributed by atoms with Crippen molar-refractivity contribution in [2.24, 2.45) is 11.7 Å². The molecule has 0 radical (unpaired) electrons. The van der Waals surface area contributed by atoms with Gasteiger partial charge in [0.1, 0.15) is 5.69 Å². The van der Waals surface area contributed by atoms with Crippen molar-refractivity contribution >= 4 is 40.7 Å². The Kier molecular flexibility index (Phi) is 7.64. The fourth-order valence-electron chi connectivity index (χ4n) is 4.35. The smallest absolute Gasteiger partial charge is 0.279 e. The summed E-state index contributed by atoms with van der Waals surface area (Å²) in [6, 6.07) is 7.85. The Labute approximate surface area is 210 Å². The number of hydrogen-bond acceptors (Lipinski definition) is 4. The predicted octanol–water partition coefficient (Wildman–Crippen LogP) is 4.92. The molecule has 2 aromatic carbocycles. The Morgan fingerprint density at radius 2 is 1.78 bits per heavy atom. The number of hydrogen-bond donors (Lipinski definition) is 3. The van der Waals surface area contributed by atoms with Crippen LogP contribution >= 0.6 is 11.6 Å². The minimum Gasteiger partial charge on any atom is -0.364 e. The van der Waals surface area contributed by atoms with Gasteiger partial charge in [-0.25, -0.2) is 13.8 Å². The first kappa shape index (κ1) is 25.3. The highest BCUT2D eigenvalue weighted by Crippen LogP contribution is 2.29. The molecule has 0 spiro atoms. The largest absolute Gasteiger partial charge is 0.364 e. The van der Waals surface area contributed by atoms with Crippen LogP contribution in [0.3, 0.4) is 0 Å². The summed E-state index contributed by atoms with van der Waals surface area (Å²) < 4.78 is 26.9. The van der Waals surface area contributed by atoms with Crippen molar-refractivity contribution in [3.8, 4) is 0 Å². The van der Waals surface area contributed by atoms with Gasteiger partial charge in [-0.1, -0.05) is 37.3 Å². The molecule has 1 aliphatic carbocycles. The second-order valence-electron chi connectivity index (χ2n) is 8.63. The molecule has 0 bridgehead atoms. The first-order chi connectivity index (χ1) is 17.2. The molecular weight excluding hydrogens is 492 g/mol. The molecule has 36 heavy (non-hydrogen) atoms. The summed E-state index contributed by atoms with van der Waals surface area (Å²) in [4.78, 5) is 45.8. The molecule has 11 heteroatoms. The van der Waals surface area contributed by atoms with Crippen molar-refractivity contribution < 1.29 is 23.2 Å². The van der Waals surface area contributed by atoms with Gasteiger partial charge >= 0.3 is 0 Å². The molecule has 1 fully saturated rings. The Hall–Kier alpha value is -3.79. The summed E-state index contributed by atoms with van der Waals surface area (Å²) in [6.45, 7) is 0.407. The maximum absolute atomic E-state index is 13.6. The van der Waals surface area contributed by atoms with Gasteiger partial charge in [-0.15, -0.1) is 0 Å². The maximum atomic E-state index is 13.6.